The largest absolute Gasteiger partial charge is 0.256 e. The third-order valence-corrected chi connectivity index (χ3v) is 2.39. The minimum Gasteiger partial charge on any atom is -0.234 e. The topological polar surface area (TPSA) is 8.81 Å². The number of rotatable bonds is 1. The van der Waals surface area contributed by atoms with Crippen LogP contribution < -0.4 is 4.57 Å². The number of imidazole rings is 1. The standard InChI is InChI=1S/C9H15N2/c1-8(2)11-7-6-10-5-3-4-9(10)11/h6-8H,3-5H2,1-2H3/q+1. The van der Waals surface area contributed by atoms with Crippen molar-refractivity contribution in [2.75, 3.05) is 0 Å². The van der Waals surface area contributed by atoms with E-state index in [2.05, 4.69) is 35.4 Å². The molecule has 2 nitrogen and oxygen atoms in total. The Morgan fingerprint density at radius 1 is 1.55 bits per heavy atom. The summed E-state index contributed by atoms with van der Waals surface area (Å²) in [6.45, 7) is 5.69. The molecule has 0 spiro atoms. The van der Waals surface area contributed by atoms with Crippen molar-refractivity contribution >= 4 is 0 Å². The molecule has 60 valence electrons. The summed E-state index contributed by atoms with van der Waals surface area (Å²) >= 11 is 0. The van der Waals surface area contributed by atoms with Crippen LogP contribution >= 0.6 is 0 Å². The molecule has 1 aromatic heterocycles. The monoisotopic (exact) mass is 151 g/mol. The second-order valence-corrected chi connectivity index (χ2v) is 3.51. The molecule has 0 unspecified atom stereocenters. The van der Waals surface area contributed by atoms with Gasteiger partial charge in [-0.25, -0.2) is 9.13 Å². The summed E-state index contributed by atoms with van der Waals surface area (Å²) in [7, 11) is 0. The molecule has 0 bridgehead atoms. The molecule has 0 aliphatic carbocycles. The Morgan fingerprint density at radius 2 is 2.36 bits per heavy atom. The van der Waals surface area contributed by atoms with E-state index in [1.807, 2.05) is 0 Å². The number of hydrogen-bond acceptors (Lipinski definition) is 0. The van der Waals surface area contributed by atoms with Crippen LogP contribution in [0.2, 0.25) is 0 Å². The highest BCUT2D eigenvalue weighted by atomic mass is 15.2. The van der Waals surface area contributed by atoms with Gasteiger partial charge in [0.15, 0.2) is 0 Å². The van der Waals surface area contributed by atoms with Gasteiger partial charge in [-0.2, -0.15) is 0 Å². The summed E-state index contributed by atoms with van der Waals surface area (Å²) in [5.74, 6) is 1.50. The lowest BCUT2D eigenvalue weighted by atomic mass is 10.3. The minimum atomic E-state index is 0.615. The van der Waals surface area contributed by atoms with Crippen molar-refractivity contribution in [2.24, 2.45) is 0 Å². The van der Waals surface area contributed by atoms with Crippen LogP contribution in [0, 0.1) is 0 Å². The first-order chi connectivity index (χ1) is 5.29. The molecule has 1 aliphatic rings. The Bertz CT molecular complexity index is 261. The molecule has 0 aromatic carbocycles. The molecule has 11 heavy (non-hydrogen) atoms. The van der Waals surface area contributed by atoms with Gasteiger partial charge >= 0.3 is 0 Å². The number of aryl methyl sites for hydroxylation is 1. The number of hydrogen-bond donors (Lipinski definition) is 0. The molecule has 0 N–H and O–H groups in total. The van der Waals surface area contributed by atoms with Gasteiger partial charge in [0.25, 0.3) is 5.82 Å². The molecular formula is C9H15N2+. The van der Waals surface area contributed by atoms with E-state index >= 15 is 0 Å². The van der Waals surface area contributed by atoms with Gasteiger partial charge in [-0.1, -0.05) is 0 Å². The van der Waals surface area contributed by atoms with E-state index in [-0.39, 0.29) is 0 Å². The zero-order chi connectivity index (χ0) is 7.84. The lowest BCUT2D eigenvalue weighted by Gasteiger charge is -2.00. The Balaban J connectivity index is 2.42. The fourth-order valence-electron chi connectivity index (χ4n) is 1.83. The molecule has 2 heteroatoms. The van der Waals surface area contributed by atoms with E-state index in [1.54, 1.807) is 0 Å². The van der Waals surface area contributed by atoms with Gasteiger partial charge in [0.2, 0.25) is 0 Å². The van der Waals surface area contributed by atoms with Crippen LogP contribution in [-0.4, -0.2) is 4.57 Å². The SMILES string of the molecule is CC(C)n1cc[n+]2c1CCC2. The molecule has 0 atom stereocenters. The average molecular weight is 151 g/mol. The summed E-state index contributed by atoms with van der Waals surface area (Å²) in [5, 5.41) is 0. The highest BCUT2D eigenvalue weighted by molar-refractivity contribution is 4.88. The molecule has 0 saturated carbocycles. The molecule has 2 rings (SSSR count). The summed E-state index contributed by atoms with van der Waals surface area (Å²) in [5.41, 5.74) is 0. The maximum atomic E-state index is 2.37. The first-order valence-electron chi connectivity index (χ1n) is 4.38. The lowest BCUT2D eigenvalue weighted by Crippen LogP contribution is -2.30. The first-order valence-corrected chi connectivity index (χ1v) is 4.38. The summed E-state index contributed by atoms with van der Waals surface area (Å²) < 4.78 is 4.73. The maximum absolute atomic E-state index is 2.37. The maximum Gasteiger partial charge on any atom is 0.256 e. The van der Waals surface area contributed by atoms with Crippen molar-refractivity contribution in [3.63, 3.8) is 0 Å². The van der Waals surface area contributed by atoms with Gasteiger partial charge in [-0.15, -0.1) is 0 Å². The third kappa shape index (κ3) is 0.971. The van der Waals surface area contributed by atoms with E-state index in [0.29, 0.717) is 6.04 Å². The molecule has 0 saturated heterocycles. The van der Waals surface area contributed by atoms with Gasteiger partial charge in [-0.3, -0.25) is 0 Å². The van der Waals surface area contributed by atoms with Gasteiger partial charge < -0.3 is 0 Å². The predicted molar refractivity (Wildman–Crippen MR) is 43.3 cm³/mol. The normalized spacial score (nSPS) is 15.9. The van der Waals surface area contributed by atoms with Gasteiger partial charge in [-0.05, 0) is 20.3 Å². The lowest BCUT2D eigenvalue weighted by molar-refractivity contribution is -0.690. The molecule has 1 aromatic rings. The van der Waals surface area contributed by atoms with Crippen LogP contribution in [-0.2, 0) is 13.0 Å². The molecule has 0 fully saturated rings. The van der Waals surface area contributed by atoms with Crippen molar-refractivity contribution in [1.29, 1.82) is 0 Å². The molecule has 0 amide bonds. The number of aromatic nitrogens is 2. The average Bonchev–Trinajstić information content (AvgIpc) is 2.41. The predicted octanol–water partition coefficient (Wildman–Crippen LogP) is 1.30. The fraction of sp³-hybridized carbons (Fsp3) is 0.667. The zero-order valence-electron chi connectivity index (χ0n) is 7.25. The van der Waals surface area contributed by atoms with Crippen LogP contribution in [0.3, 0.4) is 0 Å². The molecule has 0 radical (unpaired) electrons. The Labute approximate surface area is 67.5 Å². The molecule has 2 heterocycles. The number of nitrogens with zero attached hydrogens (tertiary/aromatic N) is 2. The summed E-state index contributed by atoms with van der Waals surface area (Å²) in [4.78, 5) is 0. The minimum absolute atomic E-state index is 0.615. The number of fused-ring (bicyclic) bond motifs is 1. The van der Waals surface area contributed by atoms with E-state index in [9.17, 15) is 0 Å². The Hall–Kier alpha value is -0.790. The van der Waals surface area contributed by atoms with Crippen molar-refractivity contribution < 1.29 is 4.57 Å². The second kappa shape index (κ2) is 2.36. The van der Waals surface area contributed by atoms with Crippen molar-refractivity contribution in [2.45, 2.75) is 39.3 Å². The van der Waals surface area contributed by atoms with Crippen molar-refractivity contribution in [1.82, 2.24) is 4.57 Å². The highest BCUT2D eigenvalue weighted by Crippen LogP contribution is 2.12. The zero-order valence-corrected chi connectivity index (χ0v) is 7.25. The van der Waals surface area contributed by atoms with Crippen LogP contribution in [0.1, 0.15) is 32.1 Å². The van der Waals surface area contributed by atoms with Crippen molar-refractivity contribution in [3.8, 4) is 0 Å². The molecular weight excluding hydrogens is 136 g/mol. The van der Waals surface area contributed by atoms with Gasteiger partial charge in [0, 0.05) is 0 Å². The molecule has 1 aliphatic heterocycles. The summed E-state index contributed by atoms with van der Waals surface area (Å²) in [6.07, 6.45) is 6.97. The van der Waals surface area contributed by atoms with Gasteiger partial charge in [0.1, 0.15) is 12.4 Å². The van der Waals surface area contributed by atoms with Crippen molar-refractivity contribution in [3.05, 3.63) is 18.2 Å². The van der Waals surface area contributed by atoms with Crippen LogP contribution in [0.4, 0.5) is 0 Å². The quantitative estimate of drug-likeness (QED) is 0.535. The van der Waals surface area contributed by atoms with E-state index in [4.69, 9.17) is 0 Å². The van der Waals surface area contributed by atoms with E-state index in [0.717, 1.165) is 0 Å². The Morgan fingerprint density at radius 3 is 3.09 bits per heavy atom. The van der Waals surface area contributed by atoms with E-state index in [1.165, 1.54) is 25.2 Å². The second-order valence-electron chi connectivity index (χ2n) is 3.51. The summed E-state index contributed by atoms with van der Waals surface area (Å²) in [6, 6.07) is 0.615. The fourth-order valence-corrected chi connectivity index (χ4v) is 1.83. The van der Waals surface area contributed by atoms with Gasteiger partial charge in [0.05, 0.1) is 19.0 Å². The highest BCUT2D eigenvalue weighted by Gasteiger charge is 2.23. The van der Waals surface area contributed by atoms with E-state index < -0.39 is 0 Å². The smallest absolute Gasteiger partial charge is 0.234 e. The third-order valence-electron chi connectivity index (χ3n) is 2.39. The van der Waals surface area contributed by atoms with Crippen LogP contribution in [0.25, 0.3) is 0 Å². The van der Waals surface area contributed by atoms with Crippen LogP contribution in [0.15, 0.2) is 12.4 Å². The van der Waals surface area contributed by atoms with Crippen LogP contribution in [0.5, 0.6) is 0 Å². The Kier molecular flexibility index (Phi) is 1.48. The first kappa shape index (κ1) is 6.89.